The fourth-order valence-electron chi connectivity index (χ4n) is 1.67. The molecule has 0 aliphatic heterocycles. The maximum atomic E-state index is 5.41. The Balaban J connectivity index is 1.60. The first-order valence-corrected chi connectivity index (χ1v) is 5.32. The van der Waals surface area contributed by atoms with E-state index in [0.717, 1.165) is 12.8 Å². The predicted octanol–water partition coefficient (Wildman–Crippen LogP) is 1.89. The number of methoxy groups -OCH3 is 1. The van der Waals surface area contributed by atoms with Crippen LogP contribution in [0.25, 0.3) is 0 Å². The molecule has 1 N–H and O–H groups in total. The lowest BCUT2D eigenvalue weighted by atomic mass is 9.90. The molecule has 1 aliphatic rings. The Morgan fingerprint density at radius 1 is 1.27 bits per heavy atom. The highest BCUT2D eigenvalue weighted by Crippen LogP contribution is 2.22. The number of hydrogen-bond donors (Lipinski definition) is 1. The molecule has 0 saturated heterocycles. The summed E-state index contributed by atoms with van der Waals surface area (Å²) in [5.74, 6) is 0. The minimum Gasteiger partial charge on any atom is -0.381 e. The van der Waals surface area contributed by atoms with Gasteiger partial charge >= 0.3 is 0 Å². The lowest BCUT2D eigenvalue weighted by molar-refractivity contribution is -0.0648. The van der Waals surface area contributed by atoms with Crippen LogP contribution in [0.4, 0.5) is 0 Å². The second-order valence-corrected chi connectivity index (χ2v) is 3.92. The molecule has 0 unspecified atom stereocenters. The zero-order valence-electron chi connectivity index (χ0n) is 8.98. The lowest BCUT2D eigenvalue weighted by Crippen LogP contribution is -2.44. The fourth-order valence-corrected chi connectivity index (χ4v) is 1.67. The molecular formula is C12H17NO2. The van der Waals surface area contributed by atoms with Crippen molar-refractivity contribution in [3.05, 3.63) is 35.9 Å². The third kappa shape index (κ3) is 3.02. The van der Waals surface area contributed by atoms with E-state index in [4.69, 9.17) is 9.57 Å². The van der Waals surface area contributed by atoms with Crippen LogP contribution in [0.2, 0.25) is 0 Å². The van der Waals surface area contributed by atoms with Crippen molar-refractivity contribution in [2.45, 2.75) is 31.6 Å². The van der Waals surface area contributed by atoms with Crippen molar-refractivity contribution in [2.24, 2.45) is 0 Å². The van der Waals surface area contributed by atoms with Gasteiger partial charge in [-0.25, -0.2) is 0 Å². The van der Waals surface area contributed by atoms with Gasteiger partial charge in [0.25, 0.3) is 0 Å². The maximum Gasteiger partial charge on any atom is 0.0933 e. The van der Waals surface area contributed by atoms with Crippen LogP contribution in [0.15, 0.2) is 30.3 Å². The first-order valence-electron chi connectivity index (χ1n) is 5.32. The largest absolute Gasteiger partial charge is 0.381 e. The van der Waals surface area contributed by atoms with E-state index in [2.05, 4.69) is 17.6 Å². The van der Waals surface area contributed by atoms with Crippen molar-refractivity contribution >= 4 is 0 Å². The quantitative estimate of drug-likeness (QED) is 0.748. The number of rotatable bonds is 5. The highest BCUT2D eigenvalue weighted by molar-refractivity contribution is 5.13. The summed E-state index contributed by atoms with van der Waals surface area (Å²) in [5.41, 5.74) is 4.24. The average Bonchev–Trinajstić information content (AvgIpc) is 2.23. The van der Waals surface area contributed by atoms with Gasteiger partial charge in [-0.2, -0.15) is 5.48 Å². The lowest BCUT2D eigenvalue weighted by Gasteiger charge is -2.34. The first kappa shape index (κ1) is 10.6. The molecule has 1 aromatic rings. The molecule has 0 atom stereocenters. The SMILES string of the molecule is COC1CC(NOCc2ccccc2)C1. The Morgan fingerprint density at radius 2 is 2.00 bits per heavy atom. The molecule has 3 heteroatoms. The van der Waals surface area contributed by atoms with Crippen LogP contribution in [-0.4, -0.2) is 19.3 Å². The smallest absolute Gasteiger partial charge is 0.0933 e. The number of hydrogen-bond acceptors (Lipinski definition) is 3. The normalized spacial score (nSPS) is 24.9. The van der Waals surface area contributed by atoms with Crippen LogP contribution >= 0.6 is 0 Å². The first-order chi connectivity index (χ1) is 7.38. The van der Waals surface area contributed by atoms with Gasteiger partial charge in [0.1, 0.15) is 0 Å². The molecule has 0 aromatic heterocycles. The summed E-state index contributed by atoms with van der Waals surface area (Å²) in [6, 6.07) is 10.6. The van der Waals surface area contributed by atoms with Crippen LogP contribution in [0, 0.1) is 0 Å². The molecule has 1 fully saturated rings. The van der Waals surface area contributed by atoms with E-state index in [-0.39, 0.29) is 0 Å². The van der Waals surface area contributed by atoms with Crippen molar-refractivity contribution < 1.29 is 9.57 Å². The highest BCUT2D eigenvalue weighted by atomic mass is 16.6. The number of benzene rings is 1. The van der Waals surface area contributed by atoms with Crippen LogP contribution in [-0.2, 0) is 16.2 Å². The molecule has 0 radical (unpaired) electrons. The van der Waals surface area contributed by atoms with Crippen LogP contribution in [0.3, 0.4) is 0 Å². The average molecular weight is 207 g/mol. The van der Waals surface area contributed by atoms with E-state index in [1.165, 1.54) is 5.56 Å². The van der Waals surface area contributed by atoms with Crippen molar-refractivity contribution in [3.63, 3.8) is 0 Å². The van der Waals surface area contributed by atoms with Gasteiger partial charge in [0.05, 0.1) is 12.7 Å². The maximum absolute atomic E-state index is 5.41. The van der Waals surface area contributed by atoms with Gasteiger partial charge < -0.3 is 4.74 Å². The third-order valence-corrected chi connectivity index (χ3v) is 2.76. The topological polar surface area (TPSA) is 30.5 Å². The molecule has 0 bridgehead atoms. The van der Waals surface area contributed by atoms with Crippen molar-refractivity contribution in [1.29, 1.82) is 0 Å². The predicted molar refractivity (Wildman–Crippen MR) is 58.2 cm³/mol. The molecule has 0 heterocycles. The van der Waals surface area contributed by atoms with Crippen molar-refractivity contribution in [2.75, 3.05) is 7.11 Å². The monoisotopic (exact) mass is 207 g/mol. The van der Waals surface area contributed by atoms with Crippen molar-refractivity contribution in [3.8, 4) is 0 Å². The summed E-state index contributed by atoms with van der Waals surface area (Å²) in [6.45, 7) is 0.620. The van der Waals surface area contributed by atoms with E-state index in [9.17, 15) is 0 Å². The van der Waals surface area contributed by atoms with Crippen molar-refractivity contribution in [1.82, 2.24) is 5.48 Å². The molecule has 3 nitrogen and oxygen atoms in total. The van der Waals surface area contributed by atoms with Gasteiger partial charge in [0.15, 0.2) is 0 Å². The Morgan fingerprint density at radius 3 is 2.67 bits per heavy atom. The molecule has 15 heavy (non-hydrogen) atoms. The summed E-state index contributed by atoms with van der Waals surface area (Å²) in [6.07, 6.45) is 2.51. The van der Waals surface area contributed by atoms with E-state index in [0.29, 0.717) is 18.8 Å². The Labute approximate surface area is 90.3 Å². The van der Waals surface area contributed by atoms with Crippen LogP contribution in [0.5, 0.6) is 0 Å². The zero-order valence-corrected chi connectivity index (χ0v) is 8.98. The summed E-state index contributed by atoms with van der Waals surface area (Å²) in [4.78, 5) is 5.41. The number of ether oxygens (including phenoxy) is 1. The Hall–Kier alpha value is -0.900. The van der Waals surface area contributed by atoms with Gasteiger partial charge in [0.2, 0.25) is 0 Å². The number of hydroxylamine groups is 1. The number of nitrogens with one attached hydrogen (secondary N) is 1. The van der Waals surface area contributed by atoms with Gasteiger partial charge in [-0.1, -0.05) is 30.3 Å². The van der Waals surface area contributed by atoms with Gasteiger partial charge in [0, 0.05) is 13.2 Å². The summed E-state index contributed by atoms with van der Waals surface area (Å²) >= 11 is 0. The van der Waals surface area contributed by atoms with E-state index in [1.54, 1.807) is 7.11 Å². The minimum atomic E-state index is 0.419. The molecular weight excluding hydrogens is 190 g/mol. The standard InChI is InChI=1S/C12H17NO2/c1-14-12-7-11(8-12)13-15-9-10-5-3-2-4-6-10/h2-6,11-13H,7-9H2,1H3. The van der Waals surface area contributed by atoms with E-state index < -0.39 is 0 Å². The summed E-state index contributed by atoms with van der Waals surface area (Å²) in [7, 11) is 1.76. The van der Waals surface area contributed by atoms with Crippen LogP contribution < -0.4 is 5.48 Å². The molecule has 82 valence electrons. The summed E-state index contributed by atoms with van der Waals surface area (Å²) < 4.78 is 5.19. The molecule has 1 aromatic carbocycles. The Kier molecular flexibility index (Phi) is 3.72. The van der Waals surface area contributed by atoms with Gasteiger partial charge in [-0.3, -0.25) is 4.84 Å². The van der Waals surface area contributed by atoms with Crippen LogP contribution in [0.1, 0.15) is 18.4 Å². The van der Waals surface area contributed by atoms with E-state index in [1.807, 2.05) is 18.2 Å². The molecule has 2 rings (SSSR count). The minimum absolute atomic E-state index is 0.419. The fraction of sp³-hybridized carbons (Fsp3) is 0.500. The molecule has 1 aliphatic carbocycles. The molecule has 0 amide bonds. The second kappa shape index (κ2) is 5.26. The third-order valence-electron chi connectivity index (χ3n) is 2.76. The van der Waals surface area contributed by atoms with Gasteiger partial charge in [-0.05, 0) is 18.4 Å². The van der Waals surface area contributed by atoms with Gasteiger partial charge in [-0.15, -0.1) is 0 Å². The summed E-state index contributed by atoms with van der Waals surface area (Å²) in [5, 5.41) is 0. The Bertz CT molecular complexity index is 283. The zero-order chi connectivity index (χ0) is 10.5. The second-order valence-electron chi connectivity index (χ2n) is 3.92. The van der Waals surface area contributed by atoms with E-state index >= 15 is 0 Å². The molecule has 1 saturated carbocycles. The molecule has 0 spiro atoms. The highest BCUT2D eigenvalue weighted by Gasteiger charge is 2.28.